The average Bonchev–Trinajstić information content (AvgIpc) is 2.70. The number of nitrogens with one attached hydrogen (secondary N) is 1. The predicted molar refractivity (Wildman–Crippen MR) is 70.7 cm³/mol. The number of hydrogen-bond donors (Lipinski definition) is 2. The van der Waals surface area contributed by atoms with Gasteiger partial charge in [0.2, 0.25) is 5.91 Å². The minimum absolute atomic E-state index is 0.142. The van der Waals surface area contributed by atoms with Crippen molar-refractivity contribution in [1.82, 2.24) is 0 Å². The first-order valence-corrected chi connectivity index (χ1v) is 6.25. The minimum Gasteiger partial charge on any atom is -0.399 e. The largest absolute Gasteiger partial charge is 0.399 e. The topological polar surface area (TPSA) is 55.1 Å². The molecule has 1 fully saturated rings. The van der Waals surface area contributed by atoms with Crippen molar-refractivity contribution in [1.29, 1.82) is 0 Å². The van der Waals surface area contributed by atoms with Crippen LogP contribution in [0.3, 0.4) is 0 Å². The van der Waals surface area contributed by atoms with Gasteiger partial charge in [-0.1, -0.05) is 19.4 Å². The summed E-state index contributed by atoms with van der Waals surface area (Å²) in [4.78, 5) is 12.1. The highest BCUT2D eigenvalue weighted by Crippen LogP contribution is 2.32. The Kier molecular flexibility index (Phi) is 3.36. The summed E-state index contributed by atoms with van der Waals surface area (Å²) in [6, 6.07) is 5.61. The average molecular weight is 232 g/mol. The van der Waals surface area contributed by atoms with E-state index in [-0.39, 0.29) is 11.8 Å². The molecule has 2 rings (SSSR count). The number of anilines is 2. The van der Waals surface area contributed by atoms with Crippen LogP contribution in [0.1, 0.15) is 31.7 Å². The van der Waals surface area contributed by atoms with Crippen LogP contribution in [0, 0.1) is 18.8 Å². The second-order valence-corrected chi connectivity index (χ2v) is 5.08. The first kappa shape index (κ1) is 12.0. The van der Waals surface area contributed by atoms with E-state index in [9.17, 15) is 4.79 Å². The molecule has 2 unspecified atom stereocenters. The first-order chi connectivity index (χ1) is 8.08. The molecule has 1 aromatic carbocycles. The summed E-state index contributed by atoms with van der Waals surface area (Å²) in [6.45, 7) is 4.14. The highest BCUT2D eigenvalue weighted by Gasteiger charge is 2.29. The second-order valence-electron chi connectivity index (χ2n) is 5.08. The number of nitrogens with two attached hydrogens (primary N) is 1. The van der Waals surface area contributed by atoms with Crippen molar-refractivity contribution in [2.24, 2.45) is 11.8 Å². The van der Waals surface area contributed by atoms with Gasteiger partial charge in [-0.3, -0.25) is 4.79 Å². The lowest BCUT2D eigenvalue weighted by Crippen LogP contribution is -2.24. The van der Waals surface area contributed by atoms with Gasteiger partial charge in [-0.05, 0) is 43.4 Å². The van der Waals surface area contributed by atoms with Gasteiger partial charge in [0.15, 0.2) is 0 Å². The number of hydrogen-bond acceptors (Lipinski definition) is 2. The number of amides is 1. The van der Waals surface area contributed by atoms with Crippen LogP contribution in [-0.4, -0.2) is 5.91 Å². The van der Waals surface area contributed by atoms with Crippen LogP contribution in [0.5, 0.6) is 0 Å². The summed E-state index contributed by atoms with van der Waals surface area (Å²) in [5, 5.41) is 3.00. The van der Waals surface area contributed by atoms with E-state index in [1.807, 2.05) is 25.1 Å². The lowest BCUT2D eigenvalue weighted by Gasteiger charge is -2.16. The van der Waals surface area contributed by atoms with Gasteiger partial charge in [0.25, 0.3) is 0 Å². The van der Waals surface area contributed by atoms with Gasteiger partial charge in [-0.2, -0.15) is 0 Å². The van der Waals surface area contributed by atoms with Crippen LogP contribution in [0.15, 0.2) is 18.2 Å². The molecule has 1 saturated carbocycles. The van der Waals surface area contributed by atoms with E-state index < -0.39 is 0 Å². The molecule has 0 heterocycles. The summed E-state index contributed by atoms with van der Waals surface area (Å²) < 4.78 is 0. The first-order valence-electron chi connectivity index (χ1n) is 6.25. The molecule has 0 bridgehead atoms. The molecule has 0 spiro atoms. The number of rotatable bonds is 2. The summed E-state index contributed by atoms with van der Waals surface area (Å²) in [5.74, 6) is 0.802. The van der Waals surface area contributed by atoms with Gasteiger partial charge in [0, 0.05) is 17.3 Å². The van der Waals surface area contributed by atoms with Crippen molar-refractivity contribution in [3.05, 3.63) is 23.8 Å². The Morgan fingerprint density at radius 2 is 2.18 bits per heavy atom. The third-order valence-corrected chi connectivity index (χ3v) is 3.72. The molecule has 0 aliphatic heterocycles. The summed E-state index contributed by atoms with van der Waals surface area (Å²) in [5.41, 5.74) is 8.31. The molecule has 1 aliphatic rings. The van der Waals surface area contributed by atoms with E-state index in [2.05, 4.69) is 12.2 Å². The highest BCUT2D eigenvalue weighted by molar-refractivity contribution is 5.94. The number of nitrogen functional groups attached to an aromatic ring is 1. The second kappa shape index (κ2) is 4.78. The molecule has 17 heavy (non-hydrogen) atoms. The van der Waals surface area contributed by atoms with E-state index >= 15 is 0 Å². The Balaban J connectivity index is 2.10. The third-order valence-electron chi connectivity index (χ3n) is 3.72. The maximum Gasteiger partial charge on any atom is 0.227 e. The zero-order valence-electron chi connectivity index (χ0n) is 10.5. The van der Waals surface area contributed by atoms with Crippen LogP contribution < -0.4 is 11.1 Å². The van der Waals surface area contributed by atoms with Gasteiger partial charge in [-0.25, -0.2) is 0 Å². The summed E-state index contributed by atoms with van der Waals surface area (Å²) >= 11 is 0. The maximum absolute atomic E-state index is 12.1. The summed E-state index contributed by atoms with van der Waals surface area (Å²) in [6.07, 6.45) is 3.33. The molecule has 1 amide bonds. The lowest BCUT2D eigenvalue weighted by atomic mass is 9.97. The molecule has 0 aromatic heterocycles. The van der Waals surface area contributed by atoms with Crippen LogP contribution >= 0.6 is 0 Å². The standard InChI is InChI=1S/C14H20N2O/c1-9-4-3-5-12(9)14(17)16-13-8-11(15)7-6-10(13)2/h6-9,12H,3-5,15H2,1-2H3,(H,16,17). The SMILES string of the molecule is Cc1ccc(N)cc1NC(=O)C1CCCC1C. The van der Waals surface area contributed by atoms with E-state index in [0.29, 0.717) is 11.6 Å². The predicted octanol–water partition coefficient (Wildman–Crippen LogP) is 2.95. The van der Waals surface area contributed by atoms with E-state index in [0.717, 1.165) is 30.5 Å². The fraction of sp³-hybridized carbons (Fsp3) is 0.500. The van der Waals surface area contributed by atoms with E-state index in [4.69, 9.17) is 5.73 Å². The molecule has 1 aromatic rings. The molecular weight excluding hydrogens is 212 g/mol. The van der Waals surface area contributed by atoms with Gasteiger partial charge >= 0.3 is 0 Å². The number of aryl methyl sites for hydroxylation is 1. The zero-order valence-corrected chi connectivity index (χ0v) is 10.5. The quantitative estimate of drug-likeness (QED) is 0.770. The Labute approximate surface area is 102 Å². The van der Waals surface area contributed by atoms with Crippen LogP contribution in [0.25, 0.3) is 0 Å². The monoisotopic (exact) mass is 232 g/mol. The van der Waals surface area contributed by atoms with Gasteiger partial charge < -0.3 is 11.1 Å². The van der Waals surface area contributed by atoms with Crippen molar-refractivity contribution < 1.29 is 4.79 Å². The number of carbonyl (C=O) groups excluding carboxylic acids is 1. The Hall–Kier alpha value is -1.51. The highest BCUT2D eigenvalue weighted by atomic mass is 16.1. The van der Waals surface area contributed by atoms with Crippen molar-refractivity contribution in [3.8, 4) is 0 Å². The molecule has 3 heteroatoms. The molecule has 3 nitrogen and oxygen atoms in total. The molecule has 2 atom stereocenters. The van der Waals surface area contributed by atoms with Crippen molar-refractivity contribution >= 4 is 17.3 Å². The van der Waals surface area contributed by atoms with Gasteiger partial charge in [0.05, 0.1) is 0 Å². The normalized spacial score (nSPS) is 23.6. The lowest BCUT2D eigenvalue weighted by molar-refractivity contribution is -0.120. The Bertz CT molecular complexity index is 428. The Morgan fingerprint density at radius 1 is 1.41 bits per heavy atom. The third kappa shape index (κ3) is 2.60. The van der Waals surface area contributed by atoms with Gasteiger partial charge in [-0.15, -0.1) is 0 Å². The molecule has 0 saturated heterocycles. The smallest absolute Gasteiger partial charge is 0.227 e. The molecule has 92 valence electrons. The molecule has 3 N–H and O–H groups in total. The van der Waals surface area contributed by atoms with E-state index in [1.165, 1.54) is 0 Å². The number of benzene rings is 1. The van der Waals surface area contributed by atoms with Crippen LogP contribution in [0.4, 0.5) is 11.4 Å². The fourth-order valence-electron chi connectivity index (χ4n) is 2.53. The van der Waals surface area contributed by atoms with Crippen molar-refractivity contribution in [3.63, 3.8) is 0 Å². The van der Waals surface area contributed by atoms with Crippen molar-refractivity contribution in [2.45, 2.75) is 33.1 Å². The maximum atomic E-state index is 12.1. The summed E-state index contributed by atoms with van der Waals surface area (Å²) in [7, 11) is 0. The van der Waals surface area contributed by atoms with Gasteiger partial charge in [0.1, 0.15) is 0 Å². The molecule has 1 aliphatic carbocycles. The number of carbonyl (C=O) groups is 1. The minimum atomic E-state index is 0.142. The van der Waals surface area contributed by atoms with Crippen LogP contribution in [-0.2, 0) is 4.79 Å². The van der Waals surface area contributed by atoms with E-state index in [1.54, 1.807) is 0 Å². The Morgan fingerprint density at radius 3 is 2.82 bits per heavy atom. The van der Waals surface area contributed by atoms with Crippen LogP contribution in [0.2, 0.25) is 0 Å². The fourth-order valence-corrected chi connectivity index (χ4v) is 2.53. The molecule has 0 radical (unpaired) electrons. The van der Waals surface area contributed by atoms with Crippen molar-refractivity contribution in [2.75, 3.05) is 11.1 Å². The molecular formula is C14H20N2O. The zero-order chi connectivity index (χ0) is 12.4.